The second-order valence-electron chi connectivity index (χ2n) is 5.27. The van der Waals surface area contributed by atoms with Gasteiger partial charge in [-0.2, -0.15) is 0 Å². The Hall–Kier alpha value is -1.11. The second kappa shape index (κ2) is 6.34. The summed E-state index contributed by atoms with van der Waals surface area (Å²) in [5, 5.41) is 18.3. The van der Waals surface area contributed by atoms with Crippen LogP contribution in [-0.4, -0.2) is 51.0 Å². The molecule has 0 spiro atoms. The predicted octanol–water partition coefficient (Wildman–Crippen LogP) is 0.527. The van der Waals surface area contributed by atoms with E-state index in [0.717, 1.165) is 5.69 Å². The van der Waals surface area contributed by atoms with Crippen LogP contribution in [0.3, 0.4) is 0 Å². The first-order valence-corrected chi connectivity index (χ1v) is 7.30. The van der Waals surface area contributed by atoms with E-state index in [1.54, 1.807) is 4.90 Å². The molecule has 116 valence electrons. The van der Waals surface area contributed by atoms with E-state index in [1.165, 1.54) is 0 Å². The molecule has 0 radical (unpaired) electrons. The molecule has 1 aromatic rings. The average Bonchev–Trinajstić information content (AvgIpc) is 2.89. The monoisotopic (exact) mass is 311 g/mol. The molecule has 1 aliphatic carbocycles. The molecule has 0 bridgehead atoms. The lowest BCUT2D eigenvalue weighted by Crippen LogP contribution is -2.48. The number of nitrogens with two attached hydrogens (primary N) is 1. The van der Waals surface area contributed by atoms with E-state index in [9.17, 15) is 0 Å². The Morgan fingerprint density at radius 3 is 2.19 bits per heavy atom. The van der Waals surface area contributed by atoms with Gasteiger partial charge in [0.05, 0.1) is 18.8 Å². The first-order valence-electron chi connectivity index (χ1n) is 6.92. The van der Waals surface area contributed by atoms with Gasteiger partial charge in [-0.3, -0.25) is 4.90 Å². The van der Waals surface area contributed by atoms with Crippen molar-refractivity contribution in [1.29, 1.82) is 0 Å². The van der Waals surface area contributed by atoms with Gasteiger partial charge in [-0.1, -0.05) is 23.8 Å². The van der Waals surface area contributed by atoms with Gasteiger partial charge >= 0.3 is 0 Å². The Kier molecular flexibility index (Phi) is 4.91. The molecule has 21 heavy (non-hydrogen) atoms. The topological polar surface area (TPSA) is 74.7 Å². The Labute approximate surface area is 129 Å². The van der Waals surface area contributed by atoms with Crippen molar-refractivity contribution < 1.29 is 10.2 Å². The van der Waals surface area contributed by atoms with Crippen LogP contribution >= 0.6 is 11.6 Å². The average molecular weight is 312 g/mol. The Balaban J connectivity index is 2.25. The van der Waals surface area contributed by atoms with E-state index in [4.69, 9.17) is 27.5 Å². The maximum Gasteiger partial charge on any atom is 0.134 e. The second-order valence-corrected chi connectivity index (χ2v) is 5.87. The molecular formula is C15H22ClN3O2. The van der Waals surface area contributed by atoms with Crippen molar-refractivity contribution in [2.75, 3.05) is 26.3 Å². The molecule has 0 saturated carbocycles. The van der Waals surface area contributed by atoms with Crippen molar-refractivity contribution in [2.24, 2.45) is 12.8 Å². The van der Waals surface area contributed by atoms with Crippen molar-refractivity contribution in [3.8, 4) is 0 Å². The van der Waals surface area contributed by atoms with Gasteiger partial charge in [0.25, 0.3) is 0 Å². The fourth-order valence-corrected chi connectivity index (χ4v) is 2.90. The van der Waals surface area contributed by atoms with Crippen molar-refractivity contribution in [3.05, 3.63) is 48.3 Å². The molecule has 1 heterocycles. The molecule has 5 nitrogen and oxygen atoms in total. The van der Waals surface area contributed by atoms with Gasteiger partial charge in [0, 0.05) is 32.0 Å². The zero-order valence-corrected chi connectivity index (χ0v) is 12.9. The summed E-state index contributed by atoms with van der Waals surface area (Å²) in [6.07, 6.45) is 9.28. The zero-order chi connectivity index (χ0) is 15.5. The molecule has 1 aromatic heterocycles. The van der Waals surface area contributed by atoms with Crippen LogP contribution in [0.4, 0.5) is 0 Å². The fourth-order valence-electron chi connectivity index (χ4n) is 2.61. The third kappa shape index (κ3) is 3.22. The number of aromatic nitrogens is 1. The molecule has 0 fully saturated rings. The molecule has 0 unspecified atom stereocenters. The number of hydrogen-bond acceptors (Lipinski definition) is 4. The quantitative estimate of drug-likeness (QED) is 0.407. The van der Waals surface area contributed by atoms with E-state index in [-0.39, 0.29) is 13.2 Å². The molecule has 4 N–H and O–H groups in total. The maximum absolute atomic E-state index is 9.14. The van der Waals surface area contributed by atoms with Crippen molar-refractivity contribution >= 4 is 11.6 Å². The molecule has 6 heteroatoms. The Morgan fingerprint density at radius 1 is 1.19 bits per heavy atom. The van der Waals surface area contributed by atoms with Crippen LogP contribution in [0, 0.1) is 0 Å². The van der Waals surface area contributed by atoms with Gasteiger partial charge in [-0.15, -0.1) is 0 Å². The van der Waals surface area contributed by atoms with Gasteiger partial charge in [0.2, 0.25) is 0 Å². The van der Waals surface area contributed by atoms with Gasteiger partial charge in [-0.05, 0) is 24.3 Å². The molecule has 0 atom stereocenters. The summed E-state index contributed by atoms with van der Waals surface area (Å²) in [6, 6.07) is 3.91. The Bertz CT molecular complexity index is 519. The summed E-state index contributed by atoms with van der Waals surface area (Å²) in [7, 11) is 1.94. The normalized spacial score (nSPS) is 28.5. The lowest BCUT2D eigenvalue weighted by molar-refractivity contribution is 0.138. The van der Waals surface area contributed by atoms with Gasteiger partial charge < -0.3 is 20.5 Å². The summed E-state index contributed by atoms with van der Waals surface area (Å²) < 4.78 is 1.97. The molecule has 0 aromatic carbocycles. The smallest absolute Gasteiger partial charge is 0.134 e. The van der Waals surface area contributed by atoms with Crippen molar-refractivity contribution in [3.63, 3.8) is 0 Å². The molecule has 0 aliphatic heterocycles. The highest BCUT2D eigenvalue weighted by molar-refractivity contribution is 6.26. The molecule has 2 rings (SSSR count). The van der Waals surface area contributed by atoms with Crippen LogP contribution in [0.25, 0.3) is 0 Å². The summed E-state index contributed by atoms with van der Waals surface area (Å²) in [5.41, 5.74) is 6.68. The van der Waals surface area contributed by atoms with E-state index < -0.39 is 10.5 Å². The first kappa shape index (κ1) is 16.3. The fraction of sp³-hybridized carbons (Fsp3) is 0.467. The highest BCUT2D eigenvalue weighted by atomic mass is 35.5. The number of rotatable bonds is 6. The molecule has 0 saturated heterocycles. The van der Waals surface area contributed by atoms with Crippen molar-refractivity contribution in [2.45, 2.75) is 10.5 Å². The maximum atomic E-state index is 9.14. The van der Waals surface area contributed by atoms with Gasteiger partial charge in [0.1, 0.15) is 5.00 Å². The summed E-state index contributed by atoms with van der Waals surface area (Å²) >= 11 is 6.59. The Morgan fingerprint density at radius 2 is 1.76 bits per heavy atom. The zero-order valence-electron chi connectivity index (χ0n) is 12.1. The lowest BCUT2D eigenvalue weighted by Gasteiger charge is -2.38. The van der Waals surface area contributed by atoms with Crippen LogP contribution in [0.5, 0.6) is 0 Å². The highest BCUT2D eigenvalue weighted by Gasteiger charge is 2.35. The summed E-state index contributed by atoms with van der Waals surface area (Å²) in [6.45, 7) is 0.699. The minimum Gasteiger partial charge on any atom is -0.395 e. The van der Waals surface area contributed by atoms with Crippen LogP contribution in [0.1, 0.15) is 5.69 Å². The first-order chi connectivity index (χ1) is 9.95. The summed E-state index contributed by atoms with van der Waals surface area (Å²) in [4.78, 5) is 0.922. The third-order valence-corrected chi connectivity index (χ3v) is 4.29. The molecular weight excluding hydrogens is 290 g/mol. The van der Waals surface area contributed by atoms with Gasteiger partial charge in [0.15, 0.2) is 0 Å². The number of hydrogen-bond donors (Lipinski definition) is 3. The number of alkyl halides is 1. The summed E-state index contributed by atoms with van der Waals surface area (Å²) in [5.74, 6) is 0. The minimum atomic E-state index is -0.876. The largest absolute Gasteiger partial charge is 0.395 e. The van der Waals surface area contributed by atoms with E-state index in [1.807, 2.05) is 54.2 Å². The number of aliphatic hydroxyl groups is 2. The third-order valence-electron chi connectivity index (χ3n) is 3.80. The van der Waals surface area contributed by atoms with E-state index >= 15 is 0 Å². The SMILES string of the molecule is Cn1cccc1C1(N)C=CC(Cl)(N(CCO)CCO)C=C1. The number of aryl methyl sites for hydroxylation is 1. The van der Waals surface area contributed by atoms with Crippen LogP contribution < -0.4 is 5.73 Å². The molecule has 1 aliphatic rings. The van der Waals surface area contributed by atoms with Crippen molar-refractivity contribution in [1.82, 2.24) is 9.47 Å². The lowest BCUT2D eigenvalue weighted by atomic mass is 9.89. The molecule has 0 amide bonds. The van der Waals surface area contributed by atoms with Crippen LogP contribution in [0.15, 0.2) is 42.6 Å². The predicted molar refractivity (Wildman–Crippen MR) is 83.9 cm³/mol. The van der Waals surface area contributed by atoms with E-state index in [0.29, 0.717) is 13.1 Å². The van der Waals surface area contributed by atoms with Crippen LogP contribution in [0.2, 0.25) is 0 Å². The minimum absolute atomic E-state index is 0.0261. The number of nitrogens with zero attached hydrogens (tertiary/aromatic N) is 2. The number of halogens is 1. The van der Waals surface area contributed by atoms with Gasteiger partial charge in [-0.25, -0.2) is 0 Å². The highest BCUT2D eigenvalue weighted by Crippen LogP contribution is 2.34. The standard InChI is InChI=1S/C15H22ClN3O2/c1-18-8-2-3-13(18)14(17)4-6-15(16,7-5-14)19(9-11-20)10-12-21/h2-8,20-21H,9-12,17H2,1H3. The number of aliphatic hydroxyl groups excluding tert-OH is 2. The van der Waals surface area contributed by atoms with E-state index in [2.05, 4.69) is 0 Å². The van der Waals surface area contributed by atoms with Crippen LogP contribution in [-0.2, 0) is 12.6 Å².